The summed E-state index contributed by atoms with van der Waals surface area (Å²) in [5.74, 6) is 0.128. The van der Waals surface area contributed by atoms with E-state index in [4.69, 9.17) is 21.4 Å². The number of piperidine rings is 1. The highest BCUT2D eigenvalue weighted by Gasteiger charge is 2.36. The van der Waals surface area contributed by atoms with E-state index in [1.807, 2.05) is 0 Å². The molecular weight excluding hydrogens is 433 g/mol. The Hall–Kier alpha value is -2.66. The van der Waals surface area contributed by atoms with Crippen molar-refractivity contribution in [2.24, 2.45) is 5.41 Å². The molecule has 1 saturated heterocycles. The van der Waals surface area contributed by atoms with E-state index in [1.165, 1.54) is 12.1 Å². The van der Waals surface area contributed by atoms with E-state index in [0.717, 1.165) is 11.1 Å². The van der Waals surface area contributed by atoms with Crippen LogP contribution in [-0.2, 0) is 17.8 Å². The van der Waals surface area contributed by atoms with Gasteiger partial charge in [-0.25, -0.2) is 4.39 Å². The quantitative estimate of drug-likeness (QED) is 0.562. The molecule has 0 saturated carbocycles. The zero-order valence-corrected chi connectivity index (χ0v) is 18.6. The van der Waals surface area contributed by atoms with Crippen LogP contribution in [0.15, 0.2) is 42.5 Å². The normalized spacial score (nSPS) is 15.2. The maximum absolute atomic E-state index is 13.2. The number of rotatable bonds is 9. The van der Waals surface area contributed by atoms with Crippen LogP contribution in [0.2, 0.25) is 5.02 Å². The van der Waals surface area contributed by atoms with Crippen molar-refractivity contribution in [2.45, 2.75) is 25.8 Å². The van der Waals surface area contributed by atoms with Gasteiger partial charge in [-0.1, -0.05) is 23.7 Å². The summed E-state index contributed by atoms with van der Waals surface area (Å²) in [6.45, 7) is 1.77. The van der Waals surface area contributed by atoms with Crippen molar-refractivity contribution >= 4 is 17.5 Å². The summed E-state index contributed by atoms with van der Waals surface area (Å²) in [5, 5.41) is 22.4. The summed E-state index contributed by atoms with van der Waals surface area (Å²) < 4.78 is 18.9. The lowest BCUT2D eigenvalue weighted by atomic mass is 9.75. The van der Waals surface area contributed by atoms with Gasteiger partial charge in [-0.2, -0.15) is 5.26 Å². The summed E-state index contributed by atoms with van der Waals surface area (Å²) in [6.07, 6.45) is 1.66. The zero-order valence-electron chi connectivity index (χ0n) is 17.8. The van der Waals surface area contributed by atoms with Gasteiger partial charge >= 0.3 is 0 Å². The summed E-state index contributed by atoms with van der Waals surface area (Å²) in [4.78, 5) is 14.4. The molecule has 32 heavy (non-hydrogen) atoms. The fourth-order valence-corrected chi connectivity index (χ4v) is 4.06. The highest BCUT2D eigenvalue weighted by Crippen LogP contribution is 2.34. The molecule has 1 amide bonds. The van der Waals surface area contributed by atoms with Crippen LogP contribution in [0.4, 0.5) is 4.39 Å². The van der Waals surface area contributed by atoms with Crippen molar-refractivity contribution in [3.8, 4) is 11.8 Å². The number of carbonyl (C=O) groups is 1. The first-order valence-electron chi connectivity index (χ1n) is 10.6. The number of hydrogen-bond donors (Lipinski definition) is 2. The second-order valence-electron chi connectivity index (χ2n) is 8.02. The lowest BCUT2D eigenvalue weighted by Crippen LogP contribution is -2.45. The first-order valence-corrected chi connectivity index (χ1v) is 11.0. The Morgan fingerprint density at radius 1 is 1.25 bits per heavy atom. The smallest absolute Gasteiger partial charge is 0.260 e. The number of aliphatic hydroxyl groups excluding tert-OH is 1. The average Bonchev–Trinajstić information content (AvgIpc) is 2.80. The minimum Gasteiger partial charge on any atom is -0.483 e. The molecule has 1 fully saturated rings. The molecule has 0 bridgehead atoms. The number of amides is 1. The minimum absolute atomic E-state index is 0.0234. The predicted octanol–water partition coefficient (Wildman–Crippen LogP) is 3.31. The summed E-state index contributed by atoms with van der Waals surface area (Å²) in [5.41, 5.74) is 1.17. The van der Waals surface area contributed by atoms with Gasteiger partial charge in [0.1, 0.15) is 11.6 Å². The third-order valence-electron chi connectivity index (χ3n) is 5.74. The minimum atomic E-state index is -0.558. The van der Waals surface area contributed by atoms with Gasteiger partial charge in [0.2, 0.25) is 0 Å². The third-order valence-corrected chi connectivity index (χ3v) is 5.98. The molecule has 8 heteroatoms. The van der Waals surface area contributed by atoms with Crippen LogP contribution in [0.5, 0.6) is 5.75 Å². The lowest BCUT2D eigenvalue weighted by molar-refractivity contribution is -0.135. The molecule has 0 atom stereocenters. The predicted molar refractivity (Wildman–Crippen MR) is 120 cm³/mol. The molecule has 1 heterocycles. The Labute approximate surface area is 192 Å². The Morgan fingerprint density at radius 3 is 2.62 bits per heavy atom. The van der Waals surface area contributed by atoms with Crippen molar-refractivity contribution in [1.29, 1.82) is 5.26 Å². The van der Waals surface area contributed by atoms with Crippen LogP contribution in [0.25, 0.3) is 0 Å². The van der Waals surface area contributed by atoms with Crippen LogP contribution in [-0.4, -0.2) is 48.8 Å². The monoisotopic (exact) mass is 459 g/mol. The molecule has 0 spiro atoms. The number of ether oxygens (including phenoxy) is 1. The number of nitriles is 1. The van der Waals surface area contributed by atoms with Crippen molar-refractivity contribution in [3.63, 3.8) is 0 Å². The van der Waals surface area contributed by atoms with Crippen LogP contribution in [0, 0.1) is 22.6 Å². The fraction of sp³-hybridized carbons (Fsp3) is 0.417. The number of carbonyl (C=O) groups excluding carboxylic acids is 1. The zero-order chi connectivity index (χ0) is 23.0. The van der Waals surface area contributed by atoms with Gasteiger partial charge in [0.25, 0.3) is 5.91 Å². The topological polar surface area (TPSA) is 85.6 Å². The standard InChI is InChI=1S/C24H27ClFN3O3/c25-20-3-6-22(19(13-20)15-28-9-12-30)32-16-23(31)29-10-7-24(17-27,8-11-29)14-18-1-4-21(26)5-2-18/h1-6,13,28,30H,7-12,14-16H2. The van der Waals surface area contributed by atoms with Gasteiger partial charge in [0.15, 0.2) is 6.61 Å². The lowest BCUT2D eigenvalue weighted by Gasteiger charge is -2.37. The van der Waals surface area contributed by atoms with Gasteiger partial charge < -0.3 is 20.1 Å². The fourth-order valence-electron chi connectivity index (χ4n) is 3.87. The second-order valence-corrected chi connectivity index (χ2v) is 8.45. The molecule has 2 aromatic carbocycles. The van der Waals surface area contributed by atoms with E-state index >= 15 is 0 Å². The number of likely N-dealkylation sites (tertiary alicyclic amines) is 1. The van der Waals surface area contributed by atoms with Gasteiger partial charge in [-0.3, -0.25) is 4.79 Å². The number of halogens is 2. The molecule has 6 nitrogen and oxygen atoms in total. The summed E-state index contributed by atoms with van der Waals surface area (Å²) in [6, 6.07) is 13.9. The van der Waals surface area contributed by atoms with Crippen molar-refractivity contribution < 1.29 is 19.0 Å². The maximum atomic E-state index is 13.2. The van der Waals surface area contributed by atoms with Crippen LogP contribution in [0.1, 0.15) is 24.0 Å². The molecule has 0 aliphatic carbocycles. The van der Waals surface area contributed by atoms with E-state index in [-0.39, 0.29) is 24.9 Å². The molecule has 2 aromatic rings. The van der Waals surface area contributed by atoms with E-state index in [9.17, 15) is 14.4 Å². The van der Waals surface area contributed by atoms with E-state index < -0.39 is 5.41 Å². The van der Waals surface area contributed by atoms with Gasteiger partial charge in [-0.05, 0) is 55.2 Å². The van der Waals surface area contributed by atoms with Crippen molar-refractivity contribution in [1.82, 2.24) is 10.2 Å². The van der Waals surface area contributed by atoms with E-state index in [0.29, 0.717) is 56.2 Å². The summed E-state index contributed by atoms with van der Waals surface area (Å²) in [7, 11) is 0. The Morgan fingerprint density at radius 2 is 1.97 bits per heavy atom. The highest BCUT2D eigenvalue weighted by molar-refractivity contribution is 6.30. The van der Waals surface area contributed by atoms with Gasteiger partial charge in [0.05, 0.1) is 18.1 Å². The molecule has 3 rings (SSSR count). The largest absolute Gasteiger partial charge is 0.483 e. The molecule has 170 valence electrons. The summed E-state index contributed by atoms with van der Waals surface area (Å²) >= 11 is 6.07. The molecule has 0 radical (unpaired) electrons. The van der Waals surface area contributed by atoms with Crippen molar-refractivity contribution in [2.75, 3.05) is 32.8 Å². The highest BCUT2D eigenvalue weighted by atomic mass is 35.5. The van der Waals surface area contributed by atoms with Crippen LogP contribution < -0.4 is 10.1 Å². The molecule has 1 aliphatic heterocycles. The SMILES string of the molecule is N#CC1(Cc2ccc(F)cc2)CCN(C(=O)COc2ccc(Cl)cc2CNCCO)CC1. The van der Waals surface area contributed by atoms with Crippen molar-refractivity contribution in [3.05, 3.63) is 64.4 Å². The number of benzene rings is 2. The number of nitrogens with zero attached hydrogens (tertiary/aromatic N) is 2. The van der Waals surface area contributed by atoms with E-state index in [2.05, 4.69) is 11.4 Å². The third kappa shape index (κ3) is 6.42. The van der Waals surface area contributed by atoms with Crippen LogP contribution in [0.3, 0.4) is 0 Å². The van der Waals surface area contributed by atoms with Gasteiger partial charge in [0, 0.05) is 36.8 Å². The molecular formula is C24H27ClFN3O3. The van der Waals surface area contributed by atoms with Gasteiger partial charge in [-0.15, -0.1) is 0 Å². The molecule has 1 aliphatic rings. The van der Waals surface area contributed by atoms with Crippen LogP contribution >= 0.6 is 11.6 Å². The Kier molecular flexibility index (Phi) is 8.46. The number of nitrogens with one attached hydrogen (secondary N) is 1. The average molecular weight is 460 g/mol. The second kappa shape index (κ2) is 11.3. The molecule has 0 unspecified atom stereocenters. The maximum Gasteiger partial charge on any atom is 0.260 e. The number of hydrogen-bond acceptors (Lipinski definition) is 5. The molecule has 0 aromatic heterocycles. The van der Waals surface area contributed by atoms with E-state index in [1.54, 1.807) is 35.2 Å². The first kappa shape index (κ1) is 24.0. The Balaban J connectivity index is 1.54. The Bertz CT molecular complexity index is 954. The number of aliphatic hydroxyl groups is 1. The first-order chi connectivity index (χ1) is 15.4. The molecule has 2 N–H and O–H groups in total.